The summed E-state index contributed by atoms with van der Waals surface area (Å²) in [5.74, 6) is -0.00184. The second-order valence-electron chi connectivity index (χ2n) is 7.94. The molecule has 2 aromatic heterocycles. The van der Waals surface area contributed by atoms with Gasteiger partial charge in [-0.1, -0.05) is 0 Å². The van der Waals surface area contributed by atoms with Crippen molar-refractivity contribution in [1.82, 2.24) is 29.7 Å². The zero-order valence-corrected chi connectivity index (χ0v) is 17.1. The first kappa shape index (κ1) is 20.8. The molecule has 0 unspecified atom stereocenters. The first-order valence-electron chi connectivity index (χ1n) is 9.41. The predicted molar refractivity (Wildman–Crippen MR) is 105 cm³/mol. The van der Waals surface area contributed by atoms with E-state index in [1.807, 2.05) is 9.47 Å². The number of hydrogen-bond donors (Lipinski definition) is 2. The third-order valence-electron chi connectivity index (χ3n) is 4.70. The van der Waals surface area contributed by atoms with E-state index in [1.54, 1.807) is 27.1 Å². The van der Waals surface area contributed by atoms with Gasteiger partial charge in [-0.05, 0) is 27.2 Å². The SMILES string of the molecule is COC(=O)[C@@H]1C[C@@H](n2cnc3c(N)ncnc32)CN1CCNC(=O)OC(C)(C)C. The van der Waals surface area contributed by atoms with Crippen molar-refractivity contribution >= 4 is 29.0 Å². The highest BCUT2D eigenvalue weighted by molar-refractivity contribution is 5.81. The van der Waals surface area contributed by atoms with Gasteiger partial charge in [0.1, 0.15) is 23.5 Å². The third-order valence-corrected chi connectivity index (χ3v) is 4.70. The Bertz CT molecular complexity index is 892. The van der Waals surface area contributed by atoms with E-state index in [4.69, 9.17) is 15.2 Å². The van der Waals surface area contributed by atoms with Crippen molar-refractivity contribution in [3.63, 3.8) is 0 Å². The molecule has 2 atom stereocenters. The molecule has 158 valence electrons. The van der Waals surface area contributed by atoms with Crippen LogP contribution < -0.4 is 11.1 Å². The quantitative estimate of drug-likeness (QED) is 0.689. The van der Waals surface area contributed by atoms with Crippen molar-refractivity contribution < 1.29 is 19.1 Å². The zero-order chi connectivity index (χ0) is 21.2. The Morgan fingerprint density at radius 3 is 2.76 bits per heavy atom. The number of imidazole rings is 1. The van der Waals surface area contributed by atoms with Crippen molar-refractivity contribution in [1.29, 1.82) is 0 Å². The normalized spacial score (nSPS) is 20.0. The second kappa shape index (κ2) is 8.19. The molecule has 0 spiro atoms. The lowest BCUT2D eigenvalue weighted by Crippen LogP contribution is -2.42. The Hall–Kier alpha value is -2.95. The smallest absolute Gasteiger partial charge is 0.407 e. The number of rotatable bonds is 5. The second-order valence-corrected chi connectivity index (χ2v) is 7.94. The van der Waals surface area contributed by atoms with Gasteiger partial charge < -0.3 is 25.1 Å². The maximum atomic E-state index is 12.3. The fourth-order valence-electron chi connectivity index (χ4n) is 3.46. The molecule has 11 nitrogen and oxygen atoms in total. The molecule has 11 heteroatoms. The minimum Gasteiger partial charge on any atom is -0.468 e. The molecule has 1 fully saturated rings. The number of methoxy groups -OCH3 is 1. The van der Waals surface area contributed by atoms with Crippen LogP contribution in [0.25, 0.3) is 11.2 Å². The Kier molecular flexibility index (Phi) is 5.87. The van der Waals surface area contributed by atoms with Gasteiger partial charge in [0.25, 0.3) is 0 Å². The molecule has 0 aromatic carbocycles. The summed E-state index contributed by atoms with van der Waals surface area (Å²) in [4.78, 5) is 38.7. The van der Waals surface area contributed by atoms with Crippen LogP contribution >= 0.6 is 0 Å². The first-order chi connectivity index (χ1) is 13.7. The summed E-state index contributed by atoms with van der Waals surface area (Å²) in [6.07, 6.45) is 3.10. The van der Waals surface area contributed by atoms with Gasteiger partial charge in [0.2, 0.25) is 0 Å². The highest BCUT2D eigenvalue weighted by atomic mass is 16.6. The molecule has 0 radical (unpaired) electrons. The van der Waals surface area contributed by atoms with E-state index in [1.165, 1.54) is 13.4 Å². The minimum absolute atomic E-state index is 0.0417. The fraction of sp³-hybridized carbons (Fsp3) is 0.611. The van der Waals surface area contributed by atoms with Gasteiger partial charge in [0, 0.05) is 19.6 Å². The molecule has 2 aromatic rings. The molecule has 29 heavy (non-hydrogen) atoms. The van der Waals surface area contributed by atoms with E-state index in [0.29, 0.717) is 43.0 Å². The number of aromatic nitrogens is 4. The van der Waals surface area contributed by atoms with Crippen LogP contribution in [-0.4, -0.2) is 74.9 Å². The number of hydrogen-bond acceptors (Lipinski definition) is 9. The average Bonchev–Trinajstić information content (AvgIpc) is 3.24. The van der Waals surface area contributed by atoms with Crippen molar-refractivity contribution in [2.45, 2.75) is 44.9 Å². The van der Waals surface area contributed by atoms with Crippen LogP contribution in [-0.2, 0) is 14.3 Å². The number of nitrogen functional groups attached to an aromatic ring is 1. The molecular formula is C18H27N7O4. The molecule has 3 rings (SSSR count). The topological polar surface area (TPSA) is 137 Å². The number of nitrogens with two attached hydrogens (primary N) is 1. The molecule has 0 aliphatic carbocycles. The Morgan fingerprint density at radius 2 is 2.07 bits per heavy atom. The average molecular weight is 405 g/mol. The molecule has 0 bridgehead atoms. The lowest BCUT2D eigenvalue weighted by molar-refractivity contribution is -0.145. The van der Waals surface area contributed by atoms with Gasteiger partial charge in [0.15, 0.2) is 11.5 Å². The number of nitrogens with one attached hydrogen (secondary N) is 1. The van der Waals surface area contributed by atoms with Crippen molar-refractivity contribution in [2.75, 3.05) is 32.5 Å². The first-order valence-corrected chi connectivity index (χ1v) is 9.41. The molecule has 0 saturated carbocycles. The summed E-state index contributed by atoms with van der Waals surface area (Å²) in [6, 6.07) is -0.470. The van der Waals surface area contributed by atoms with Crippen LogP contribution in [0.5, 0.6) is 0 Å². The number of esters is 1. The van der Waals surface area contributed by atoms with Gasteiger partial charge in [-0.3, -0.25) is 9.69 Å². The van der Waals surface area contributed by atoms with Crippen molar-refractivity contribution in [3.8, 4) is 0 Å². The molecule has 1 aliphatic rings. The number of carbonyl (C=O) groups excluding carboxylic acids is 2. The highest BCUT2D eigenvalue weighted by Gasteiger charge is 2.38. The van der Waals surface area contributed by atoms with E-state index >= 15 is 0 Å². The van der Waals surface area contributed by atoms with E-state index < -0.39 is 17.7 Å². The lowest BCUT2D eigenvalue weighted by Gasteiger charge is -2.23. The van der Waals surface area contributed by atoms with Crippen molar-refractivity contribution in [3.05, 3.63) is 12.7 Å². The summed E-state index contributed by atoms with van der Waals surface area (Å²) in [7, 11) is 1.37. The largest absolute Gasteiger partial charge is 0.468 e. The number of alkyl carbamates (subject to hydrolysis) is 1. The Labute approximate surface area is 168 Å². The van der Waals surface area contributed by atoms with Crippen LogP contribution in [0.2, 0.25) is 0 Å². The monoisotopic (exact) mass is 405 g/mol. The summed E-state index contributed by atoms with van der Waals surface area (Å²) >= 11 is 0. The number of fused-ring (bicyclic) bond motifs is 1. The van der Waals surface area contributed by atoms with Crippen LogP contribution in [0.3, 0.4) is 0 Å². The lowest BCUT2D eigenvalue weighted by atomic mass is 10.1. The number of amides is 1. The number of carbonyl (C=O) groups is 2. The van der Waals surface area contributed by atoms with Crippen LogP contribution in [0.15, 0.2) is 12.7 Å². The van der Waals surface area contributed by atoms with Gasteiger partial charge in [0.05, 0.1) is 19.5 Å². The maximum Gasteiger partial charge on any atom is 0.407 e. The minimum atomic E-state index is -0.566. The molecule has 3 heterocycles. The number of nitrogens with zero attached hydrogens (tertiary/aromatic N) is 5. The zero-order valence-electron chi connectivity index (χ0n) is 17.1. The highest BCUT2D eigenvalue weighted by Crippen LogP contribution is 2.30. The van der Waals surface area contributed by atoms with Crippen LogP contribution in [0.4, 0.5) is 10.6 Å². The molecule has 1 aliphatic heterocycles. The third kappa shape index (κ3) is 4.73. The molecule has 1 amide bonds. The standard InChI is InChI=1S/C18H27N7O4/c1-18(2,3)29-17(27)20-5-6-24-8-11(7-12(24)16(26)28-4)25-10-23-13-14(19)21-9-22-15(13)25/h9-12H,5-8H2,1-4H3,(H,20,27)(H2,19,21,22)/t11-,12+/m1/s1. The predicted octanol–water partition coefficient (Wildman–Crippen LogP) is 0.722. The van der Waals surface area contributed by atoms with E-state index in [-0.39, 0.29) is 12.0 Å². The van der Waals surface area contributed by atoms with Gasteiger partial charge >= 0.3 is 12.1 Å². The summed E-state index contributed by atoms with van der Waals surface area (Å²) in [5, 5.41) is 2.72. The van der Waals surface area contributed by atoms with Gasteiger partial charge in [-0.25, -0.2) is 19.7 Å². The number of ether oxygens (including phenoxy) is 2. The van der Waals surface area contributed by atoms with Crippen LogP contribution in [0, 0.1) is 0 Å². The number of anilines is 1. The maximum absolute atomic E-state index is 12.3. The van der Waals surface area contributed by atoms with E-state index in [9.17, 15) is 9.59 Å². The van der Waals surface area contributed by atoms with Crippen molar-refractivity contribution in [2.24, 2.45) is 0 Å². The van der Waals surface area contributed by atoms with E-state index in [0.717, 1.165) is 0 Å². The molecule has 1 saturated heterocycles. The fourth-order valence-corrected chi connectivity index (χ4v) is 3.46. The van der Waals surface area contributed by atoms with Crippen LogP contribution in [0.1, 0.15) is 33.2 Å². The van der Waals surface area contributed by atoms with E-state index in [2.05, 4.69) is 20.3 Å². The van der Waals surface area contributed by atoms with Gasteiger partial charge in [-0.15, -0.1) is 0 Å². The Morgan fingerprint density at radius 1 is 1.31 bits per heavy atom. The molecule has 3 N–H and O–H groups in total. The Balaban J connectivity index is 1.69. The summed E-state index contributed by atoms with van der Waals surface area (Å²) in [5.41, 5.74) is 6.46. The summed E-state index contributed by atoms with van der Waals surface area (Å²) in [6.45, 7) is 6.80. The number of likely N-dealkylation sites (tertiary alicyclic amines) is 1. The van der Waals surface area contributed by atoms with Gasteiger partial charge in [-0.2, -0.15) is 0 Å². The summed E-state index contributed by atoms with van der Waals surface area (Å²) < 4.78 is 12.1. The molecular weight excluding hydrogens is 378 g/mol.